The molecule has 4 rings (SSSR count). The lowest BCUT2D eigenvalue weighted by Gasteiger charge is -2.31. The lowest BCUT2D eigenvalue weighted by molar-refractivity contribution is 0.202. The number of likely N-dealkylation sites (tertiary alicyclic amines) is 1. The maximum atomic E-state index is 5.60. The van der Waals surface area contributed by atoms with Crippen LogP contribution < -0.4 is 14.2 Å². The molecule has 1 aliphatic heterocycles. The van der Waals surface area contributed by atoms with Crippen molar-refractivity contribution in [1.29, 1.82) is 0 Å². The van der Waals surface area contributed by atoms with Crippen LogP contribution in [0.3, 0.4) is 0 Å². The molecule has 1 aromatic heterocycles. The molecule has 1 aliphatic rings. The van der Waals surface area contributed by atoms with E-state index in [4.69, 9.17) is 19.2 Å². The van der Waals surface area contributed by atoms with Crippen LogP contribution in [0.1, 0.15) is 29.3 Å². The van der Waals surface area contributed by atoms with E-state index in [2.05, 4.69) is 44.4 Å². The van der Waals surface area contributed by atoms with Gasteiger partial charge in [0.1, 0.15) is 5.75 Å². The summed E-state index contributed by atoms with van der Waals surface area (Å²) in [5.41, 5.74) is 3.35. The lowest BCUT2D eigenvalue weighted by atomic mass is 9.97. The number of methoxy groups -OCH3 is 3. The molecule has 1 fully saturated rings. The van der Waals surface area contributed by atoms with Gasteiger partial charge in [-0.25, -0.2) is 4.98 Å². The number of hydrogen-bond donors (Lipinski definition) is 0. The van der Waals surface area contributed by atoms with E-state index >= 15 is 0 Å². The largest absolute Gasteiger partial charge is 0.496 e. The van der Waals surface area contributed by atoms with E-state index in [0.29, 0.717) is 11.7 Å². The molecule has 0 N–H and O–H groups in total. The Kier molecular flexibility index (Phi) is 7.15. The first kappa shape index (κ1) is 22.1. The zero-order valence-corrected chi connectivity index (χ0v) is 20.5. The molecule has 2 aromatic carbocycles. The van der Waals surface area contributed by atoms with Crippen LogP contribution in [-0.2, 0) is 6.54 Å². The van der Waals surface area contributed by atoms with Crippen molar-refractivity contribution >= 4 is 27.3 Å². The van der Waals surface area contributed by atoms with E-state index in [1.165, 1.54) is 5.01 Å². The van der Waals surface area contributed by atoms with Crippen LogP contribution in [0.2, 0.25) is 0 Å². The molecule has 5 nitrogen and oxygen atoms in total. The summed E-state index contributed by atoms with van der Waals surface area (Å²) in [4.78, 5) is 7.43. The molecule has 7 heteroatoms. The fourth-order valence-electron chi connectivity index (χ4n) is 4.05. The smallest absolute Gasteiger partial charge is 0.164 e. The van der Waals surface area contributed by atoms with Gasteiger partial charge in [0.2, 0.25) is 0 Å². The Hall–Kier alpha value is -2.09. The minimum atomic E-state index is 0.523. The van der Waals surface area contributed by atoms with Crippen LogP contribution in [0, 0.1) is 0 Å². The topological polar surface area (TPSA) is 43.8 Å². The third-order valence-corrected chi connectivity index (χ3v) is 7.26. The van der Waals surface area contributed by atoms with Crippen LogP contribution in [0.4, 0.5) is 0 Å². The maximum absolute atomic E-state index is 5.60. The Morgan fingerprint density at radius 1 is 1.00 bits per heavy atom. The van der Waals surface area contributed by atoms with E-state index in [0.717, 1.165) is 65.3 Å². The zero-order valence-electron chi connectivity index (χ0n) is 18.1. The molecule has 164 valence electrons. The highest BCUT2D eigenvalue weighted by Gasteiger charge is 2.24. The number of rotatable bonds is 7. The van der Waals surface area contributed by atoms with Crippen LogP contribution in [0.25, 0.3) is 11.3 Å². The number of piperidine rings is 1. The van der Waals surface area contributed by atoms with Gasteiger partial charge in [0.25, 0.3) is 0 Å². The van der Waals surface area contributed by atoms with Gasteiger partial charge in [-0.15, -0.1) is 11.3 Å². The van der Waals surface area contributed by atoms with Gasteiger partial charge in [0.05, 0.1) is 32.0 Å². The van der Waals surface area contributed by atoms with Crippen LogP contribution in [-0.4, -0.2) is 44.3 Å². The molecule has 2 heterocycles. The van der Waals surface area contributed by atoms with Crippen molar-refractivity contribution in [2.75, 3.05) is 34.4 Å². The van der Waals surface area contributed by atoms with Gasteiger partial charge in [-0.2, -0.15) is 0 Å². The summed E-state index contributed by atoms with van der Waals surface area (Å²) in [6.07, 6.45) is 2.22. The average molecular weight is 503 g/mol. The van der Waals surface area contributed by atoms with Crippen molar-refractivity contribution in [2.24, 2.45) is 0 Å². The molecule has 0 unspecified atom stereocenters. The molecular weight excluding hydrogens is 476 g/mol. The highest BCUT2D eigenvalue weighted by Crippen LogP contribution is 2.37. The summed E-state index contributed by atoms with van der Waals surface area (Å²) in [5.74, 6) is 2.77. The summed E-state index contributed by atoms with van der Waals surface area (Å²) < 4.78 is 17.6. The number of hydrogen-bond acceptors (Lipinski definition) is 6. The Balaban J connectivity index is 1.41. The van der Waals surface area contributed by atoms with Crippen molar-refractivity contribution in [3.63, 3.8) is 0 Å². The average Bonchev–Trinajstić information content (AvgIpc) is 3.29. The predicted octanol–water partition coefficient (Wildman–Crippen LogP) is 5.98. The Bertz CT molecular complexity index is 1030. The maximum Gasteiger partial charge on any atom is 0.164 e. The zero-order chi connectivity index (χ0) is 21.8. The molecule has 0 spiro atoms. The van der Waals surface area contributed by atoms with Crippen molar-refractivity contribution in [1.82, 2.24) is 9.88 Å². The number of thiazole rings is 1. The molecule has 0 aliphatic carbocycles. The van der Waals surface area contributed by atoms with Gasteiger partial charge in [-0.3, -0.25) is 4.90 Å². The monoisotopic (exact) mass is 502 g/mol. The van der Waals surface area contributed by atoms with Crippen molar-refractivity contribution in [3.05, 3.63) is 56.8 Å². The Labute approximate surface area is 196 Å². The highest BCUT2D eigenvalue weighted by atomic mass is 79.9. The van der Waals surface area contributed by atoms with Gasteiger partial charge >= 0.3 is 0 Å². The molecule has 3 aromatic rings. The van der Waals surface area contributed by atoms with Crippen LogP contribution in [0.5, 0.6) is 17.2 Å². The first-order valence-electron chi connectivity index (χ1n) is 10.3. The van der Waals surface area contributed by atoms with Crippen molar-refractivity contribution in [3.8, 4) is 28.5 Å². The van der Waals surface area contributed by atoms with Crippen molar-refractivity contribution in [2.45, 2.75) is 25.3 Å². The molecule has 0 atom stereocenters. The van der Waals surface area contributed by atoms with Gasteiger partial charge in [0.15, 0.2) is 11.5 Å². The highest BCUT2D eigenvalue weighted by molar-refractivity contribution is 9.10. The van der Waals surface area contributed by atoms with E-state index < -0.39 is 0 Å². The number of nitrogens with zero attached hydrogens (tertiary/aromatic N) is 2. The van der Waals surface area contributed by atoms with Gasteiger partial charge in [0, 0.05) is 39.5 Å². The normalized spacial score (nSPS) is 15.1. The standard InChI is InChI=1S/C24H27BrN2O3S/c1-28-21-13-23(30-3)22(29-2)12-18(21)14-27-9-7-16(8-10-27)24-26-20(15-31-24)17-5-4-6-19(25)11-17/h4-6,11-13,15-16H,7-10,14H2,1-3H3. The summed E-state index contributed by atoms with van der Waals surface area (Å²) in [7, 11) is 5.00. The Morgan fingerprint density at radius 2 is 1.71 bits per heavy atom. The SMILES string of the molecule is COc1cc(OC)c(OC)cc1CN1CCC(c2nc(-c3cccc(Br)c3)cs2)CC1. The number of ether oxygens (including phenoxy) is 3. The number of halogens is 1. The fourth-order valence-corrected chi connectivity index (χ4v) is 5.45. The molecule has 0 bridgehead atoms. The van der Waals surface area contributed by atoms with Crippen LogP contribution in [0.15, 0.2) is 46.3 Å². The summed E-state index contributed by atoms with van der Waals surface area (Å²) in [6, 6.07) is 12.3. The molecule has 0 radical (unpaired) electrons. The van der Waals surface area contributed by atoms with E-state index in [9.17, 15) is 0 Å². The lowest BCUT2D eigenvalue weighted by Crippen LogP contribution is -2.32. The summed E-state index contributed by atoms with van der Waals surface area (Å²) in [6.45, 7) is 2.90. The van der Waals surface area contributed by atoms with E-state index in [1.54, 1.807) is 32.7 Å². The number of benzene rings is 2. The first-order valence-corrected chi connectivity index (χ1v) is 12.0. The second kappa shape index (κ2) is 10.0. The minimum Gasteiger partial charge on any atom is -0.496 e. The molecule has 0 saturated carbocycles. The molecule has 0 amide bonds. The third kappa shape index (κ3) is 5.05. The van der Waals surface area contributed by atoms with E-state index in [1.807, 2.05) is 18.2 Å². The first-order chi connectivity index (χ1) is 15.1. The summed E-state index contributed by atoms with van der Waals surface area (Å²) in [5, 5.41) is 3.43. The fraction of sp³-hybridized carbons (Fsp3) is 0.375. The molecule has 31 heavy (non-hydrogen) atoms. The number of aromatic nitrogens is 1. The minimum absolute atomic E-state index is 0.523. The van der Waals surface area contributed by atoms with Gasteiger partial charge in [-0.05, 0) is 44.1 Å². The second-order valence-corrected chi connectivity index (χ2v) is 9.46. The van der Waals surface area contributed by atoms with E-state index in [-0.39, 0.29) is 0 Å². The second-order valence-electron chi connectivity index (χ2n) is 7.65. The quantitative estimate of drug-likeness (QED) is 0.397. The predicted molar refractivity (Wildman–Crippen MR) is 129 cm³/mol. The molecular formula is C24H27BrN2O3S. The Morgan fingerprint density at radius 3 is 2.39 bits per heavy atom. The van der Waals surface area contributed by atoms with Gasteiger partial charge in [-0.1, -0.05) is 28.1 Å². The van der Waals surface area contributed by atoms with Crippen LogP contribution >= 0.6 is 27.3 Å². The third-order valence-electron chi connectivity index (χ3n) is 5.76. The summed E-state index contributed by atoms with van der Waals surface area (Å²) >= 11 is 5.33. The van der Waals surface area contributed by atoms with Crippen molar-refractivity contribution < 1.29 is 14.2 Å². The molecule has 1 saturated heterocycles. The van der Waals surface area contributed by atoms with Gasteiger partial charge < -0.3 is 14.2 Å².